The van der Waals surface area contributed by atoms with Gasteiger partial charge in [0.25, 0.3) is 5.56 Å². The number of aromatic nitrogens is 3. The van der Waals surface area contributed by atoms with Gasteiger partial charge in [-0.05, 0) is 67.6 Å². The molecule has 37 heavy (non-hydrogen) atoms. The second-order valence-electron chi connectivity index (χ2n) is 8.54. The van der Waals surface area contributed by atoms with E-state index in [1.54, 1.807) is 38.5 Å². The fourth-order valence-corrected chi connectivity index (χ4v) is 3.92. The number of amides is 1. The number of ether oxygens (including phenoxy) is 2. The topological polar surface area (TPSA) is 107 Å². The Morgan fingerprint density at radius 2 is 1.78 bits per heavy atom. The van der Waals surface area contributed by atoms with Gasteiger partial charge in [-0.2, -0.15) is 0 Å². The van der Waals surface area contributed by atoms with Crippen molar-refractivity contribution in [1.82, 2.24) is 19.9 Å². The second-order valence-corrected chi connectivity index (χ2v) is 8.54. The van der Waals surface area contributed by atoms with Gasteiger partial charge in [-0.3, -0.25) is 19.1 Å². The highest BCUT2D eigenvalue weighted by molar-refractivity contribution is 5.94. The van der Waals surface area contributed by atoms with Crippen molar-refractivity contribution in [1.29, 1.82) is 0 Å². The van der Waals surface area contributed by atoms with E-state index in [-0.39, 0.29) is 24.9 Å². The molecule has 1 atom stereocenters. The SMILES string of the molecule is CNC(C)C(=O)Nc1cnc(-c2ccc(F)cc2)n(Cc2cncc(-c3ccc4c(c3)OCO4)c2)c1=O. The highest BCUT2D eigenvalue weighted by atomic mass is 19.1. The maximum Gasteiger partial charge on any atom is 0.277 e. The highest BCUT2D eigenvalue weighted by Gasteiger charge is 2.18. The molecule has 4 aromatic rings. The van der Waals surface area contributed by atoms with Gasteiger partial charge in [-0.1, -0.05) is 6.07 Å². The number of hydrogen-bond acceptors (Lipinski definition) is 7. The van der Waals surface area contributed by atoms with Gasteiger partial charge >= 0.3 is 0 Å². The van der Waals surface area contributed by atoms with E-state index in [1.165, 1.54) is 22.9 Å². The van der Waals surface area contributed by atoms with Gasteiger partial charge in [0.2, 0.25) is 12.7 Å². The minimum atomic E-state index is -0.507. The highest BCUT2D eigenvalue weighted by Crippen LogP contribution is 2.36. The number of benzene rings is 2. The molecule has 9 nitrogen and oxygen atoms in total. The molecule has 1 aliphatic heterocycles. The molecular formula is C27H24FN5O4. The van der Waals surface area contributed by atoms with Crippen LogP contribution in [0.5, 0.6) is 11.5 Å². The van der Waals surface area contributed by atoms with Gasteiger partial charge in [0, 0.05) is 23.5 Å². The van der Waals surface area contributed by atoms with E-state index in [0.29, 0.717) is 22.9 Å². The zero-order chi connectivity index (χ0) is 25.9. The fraction of sp³-hybridized carbons (Fsp3) is 0.185. The largest absolute Gasteiger partial charge is 0.454 e. The Bertz CT molecular complexity index is 1520. The van der Waals surface area contributed by atoms with E-state index >= 15 is 0 Å². The number of carbonyl (C=O) groups excluding carboxylic acids is 1. The summed E-state index contributed by atoms with van der Waals surface area (Å²) in [5, 5.41) is 5.47. The maximum absolute atomic E-state index is 13.6. The van der Waals surface area contributed by atoms with E-state index in [0.717, 1.165) is 16.7 Å². The molecule has 1 aliphatic rings. The molecule has 5 rings (SSSR count). The van der Waals surface area contributed by atoms with Crippen LogP contribution in [0.15, 0.2) is 71.9 Å². The van der Waals surface area contributed by atoms with E-state index in [9.17, 15) is 14.0 Å². The molecule has 3 heterocycles. The minimum absolute atomic E-state index is 0.0397. The number of pyridine rings is 1. The Morgan fingerprint density at radius 3 is 2.57 bits per heavy atom. The first kappa shape index (κ1) is 24.1. The van der Waals surface area contributed by atoms with Crippen LogP contribution in [-0.2, 0) is 11.3 Å². The summed E-state index contributed by atoms with van der Waals surface area (Å²) in [6, 6.07) is 12.7. The number of carbonyl (C=O) groups is 1. The summed E-state index contributed by atoms with van der Waals surface area (Å²) in [5.74, 6) is 0.900. The summed E-state index contributed by atoms with van der Waals surface area (Å²) in [6.45, 7) is 1.98. The molecule has 0 saturated heterocycles. The van der Waals surface area contributed by atoms with Crippen molar-refractivity contribution in [2.45, 2.75) is 19.5 Å². The van der Waals surface area contributed by atoms with Crippen LogP contribution in [0.3, 0.4) is 0 Å². The van der Waals surface area contributed by atoms with Crippen molar-refractivity contribution >= 4 is 11.6 Å². The number of fused-ring (bicyclic) bond motifs is 1. The van der Waals surface area contributed by atoms with Crippen LogP contribution >= 0.6 is 0 Å². The Balaban J connectivity index is 1.54. The molecule has 0 saturated carbocycles. The Morgan fingerprint density at radius 1 is 1.03 bits per heavy atom. The molecule has 2 aromatic carbocycles. The molecule has 0 fully saturated rings. The Kier molecular flexibility index (Phi) is 6.65. The van der Waals surface area contributed by atoms with Crippen LogP contribution in [0.2, 0.25) is 0 Å². The number of rotatable bonds is 7. The fourth-order valence-electron chi connectivity index (χ4n) is 3.92. The quantitative estimate of drug-likeness (QED) is 0.400. The van der Waals surface area contributed by atoms with E-state index in [2.05, 4.69) is 20.6 Å². The molecule has 0 spiro atoms. The molecule has 0 radical (unpaired) electrons. The molecule has 0 aliphatic carbocycles. The van der Waals surface area contributed by atoms with Gasteiger partial charge in [0.15, 0.2) is 11.5 Å². The molecule has 2 N–H and O–H groups in total. The number of anilines is 1. The van der Waals surface area contributed by atoms with Gasteiger partial charge < -0.3 is 20.1 Å². The smallest absolute Gasteiger partial charge is 0.277 e. The molecule has 188 valence electrons. The zero-order valence-corrected chi connectivity index (χ0v) is 20.2. The summed E-state index contributed by atoms with van der Waals surface area (Å²) < 4.78 is 25.9. The van der Waals surface area contributed by atoms with Crippen molar-refractivity contribution in [2.75, 3.05) is 19.2 Å². The third-order valence-electron chi connectivity index (χ3n) is 6.08. The Hall–Kier alpha value is -4.57. The van der Waals surface area contributed by atoms with Crippen molar-refractivity contribution in [3.63, 3.8) is 0 Å². The van der Waals surface area contributed by atoms with Crippen LogP contribution in [0.1, 0.15) is 12.5 Å². The van der Waals surface area contributed by atoms with Gasteiger partial charge in [0.05, 0.1) is 18.8 Å². The summed E-state index contributed by atoms with van der Waals surface area (Å²) in [7, 11) is 1.65. The minimum Gasteiger partial charge on any atom is -0.454 e. The first-order valence-corrected chi connectivity index (χ1v) is 11.6. The third-order valence-corrected chi connectivity index (χ3v) is 6.08. The monoisotopic (exact) mass is 501 g/mol. The van der Waals surface area contributed by atoms with E-state index in [1.807, 2.05) is 24.3 Å². The average Bonchev–Trinajstić information content (AvgIpc) is 3.39. The van der Waals surface area contributed by atoms with Crippen molar-refractivity contribution in [3.8, 4) is 34.0 Å². The molecule has 1 unspecified atom stereocenters. The summed E-state index contributed by atoms with van der Waals surface area (Å²) in [5.41, 5.74) is 2.59. The molecular weight excluding hydrogens is 477 g/mol. The molecule has 2 aromatic heterocycles. The van der Waals surface area contributed by atoms with Gasteiger partial charge in [-0.25, -0.2) is 9.37 Å². The van der Waals surface area contributed by atoms with Gasteiger partial charge in [0.1, 0.15) is 17.3 Å². The first-order chi connectivity index (χ1) is 17.9. The standard InChI is InChI=1S/C27H24FN5O4/c1-16(29-2)26(34)32-22-13-31-25(18-3-6-21(28)7-4-18)33(27(22)35)14-17-9-20(12-30-11-17)19-5-8-23-24(10-19)37-15-36-23/h3-13,16,29H,14-15H2,1-2H3,(H,32,34). The van der Waals surface area contributed by atoms with Crippen LogP contribution in [0, 0.1) is 5.82 Å². The summed E-state index contributed by atoms with van der Waals surface area (Å²) >= 11 is 0. The van der Waals surface area contributed by atoms with Crippen LogP contribution in [0.4, 0.5) is 10.1 Å². The van der Waals surface area contributed by atoms with Crippen LogP contribution in [0.25, 0.3) is 22.5 Å². The van der Waals surface area contributed by atoms with Crippen LogP contribution < -0.4 is 25.7 Å². The lowest BCUT2D eigenvalue weighted by atomic mass is 10.1. The normalized spacial score (nSPS) is 12.8. The average molecular weight is 502 g/mol. The number of nitrogens with one attached hydrogen (secondary N) is 2. The number of hydrogen-bond donors (Lipinski definition) is 2. The third kappa shape index (κ3) is 5.05. The Labute approximate surface area is 211 Å². The molecule has 10 heteroatoms. The maximum atomic E-state index is 13.6. The first-order valence-electron chi connectivity index (χ1n) is 11.6. The zero-order valence-electron chi connectivity index (χ0n) is 20.2. The number of nitrogens with zero attached hydrogens (tertiary/aromatic N) is 3. The second kappa shape index (κ2) is 10.2. The van der Waals surface area contributed by atoms with E-state index in [4.69, 9.17) is 9.47 Å². The molecule has 1 amide bonds. The lowest BCUT2D eigenvalue weighted by molar-refractivity contribution is -0.117. The number of halogens is 1. The predicted octanol–water partition coefficient (Wildman–Crippen LogP) is 3.43. The summed E-state index contributed by atoms with van der Waals surface area (Å²) in [6.07, 6.45) is 4.70. The van der Waals surface area contributed by atoms with Crippen molar-refractivity contribution in [2.24, 2.45) is 0 Å². The lowest BCUT2D eigenvalue weighted by Crippen LogP contribution is -2.38. The van der Waals surface area contributed by atoms with Crippen molar-refractivity contribution < 1.29 is 18.7 Å². The molecule has 0 bridgehead atoms. The lowest BCUT2D eigenvalue weighted by Gasteiger charge is -2.16. The van der Waals surface area contributed by atoms with E-state index < -0.39 is 17.4 Å². The summed E-state index contributed by atoms with van der Waals surface area (Å²) in [4.78, 5) is 34.8. The number of likely N-dealkylation sites (N-methyl/N-ethyl adjacent to an activating group) is 1. The van der Waals surface area contributed by atoms with Crippen LogP contribution in [-0.4, -0.2) is 40.3 Å². The van der Waals surface area contributed by atoms with Crippen molar-refractivity contribution in [3.05, 3.63) is 88.9 Å². The predicted molar refractivity (Wildman–Crippen MR) is 136 cm³/mol. The van der Waals surface area contributed by atoms with Gasteiger partial charge in [-0.15, -0.1) is 0 Å².